The third kappa shape index (κ3) is 5.64. The summed E-state index contributed by atoms with van der Waals surface area (Å²) in [6, 6.07) is 12.2. The molecule has 0 bridgehead atoms. The lowest BCUT2D eigenvalue weighted by molar-refractivity contribution is -0.115. The molecule has 1 fully saturated rings. The minimum atomic E-state index is -3.64. The van der Waals surface area contributed by atoms with E-state index in [0.717, 1.165) is 5.56 Å². The van der Waals surface area contributed by atoms with Crippen LogP contribution in [0.25, 0.3) is 10.6 Å². The zero-order valence-electron chi connectivity index (χ0n) is 18.2. The molecule has 2 heterocycles. The summed E-state index contributed by atoms with van der Waals surface area (Å²) in [4.78, 5) is 17.1. The van der Waals surface area contributed by atoms with Gasteiger partial charge in [0.25, 0.3) is 0 Å². The molecule has 2 aromatic carbocycles. The third-order valence-electron chi connectivity index (χ3n) is 5.15. The van der Waals surface area contributed by atoms with E-state index in [1.54, 1.807) is 29.6 Å². The van der Waals surface area contributed by atoms with Crippen LogP contribution in [0, 0.1) is 5.82 Å². The molecule has 3 aromatic rings. The van der Waals surface area contributed by atoms with Crippen molar-refractivity contribution in [3.8, 4) is 10.6 Å². The van der Waals surface area contributed by atoms with E-state index < -0.39 is 10.0 Å². The van der Waals surface area contributed by atoms with Gasteiger partial charge in [0.1, 0.15) is 10.8 Å². The van der Waals surface area contributed by atoms with E-state index in [0.29, 0.717) is 29.5 Å². The maximum Gasteiger partial charge on any atom is 0.243 e. The number of carbonyl (C=O) groups is 1. The number of rotatable bonds is 6. The van der Waals surface area contributed by atoms with Gasteiger partial charge in [0.15, 0.2) is 0 Å². The zero-order chi connectivity index (χ0) is 23.6. The lowest BCUT2D eigenvalue weighted by Gasteiger charge is -2.34. The third-order valence-corrected chi connectivity index (χ3v) is 7.93. The van der Waals surface area contributed by atoms with Crippen molar-refractivity contribution in [2.24, 2.45) is 0 Å². The molecular formula is C23H24FN3O4S2. The van der Waals surface area contributed by atoms with Crippen molar-refractivity contribution >= 4 is 33.0 Å². The molecule has 1 N–H and O–H groups in total. The number of ether oxygens (including phenoxy) is 1. The number of aromatic nitrogens is 1. The summed E-state index contributed by atoms with van der Waals surface area (Å²) in [6.45, 7) is 4.31. The SMILES string of the molecule is C[C@H]1CN(S(=O)(=O)c2ccc(NC(=O)Cc3csc(-c4ccc(F)cc4)n3)cc2)C[C@H](C)O1. The van der Waals surface area contributed by atoms with Crippen molar-refractivity contribution in [1.29, 1.82) is 0 Å². The highest BCUT2D eigenvalue weighted by atomic mass is 32.2. The Kier molecular flexibility index (Phi) is 6.89. The smallest absolute Gasteiger partial charge is 0.243 e. The molecule has 4 rings (SSSR count). The van der Waals surface area contributed by atoms with Crippen LogP contribution in [0.3, 0.4) is 0 Å². The number of morpholine rings is 1. The van der Waals surface area contributed by atoms with Gasteiger partial charge < -0.3 is 10.1 Å². The Morgan fingerprint density at radius 2 is 1.76 bits per heavy atom. The van der Waals surface area contributed by atoms with E-state index in [1.165, 1.54) is 39.9 Å². The van der Waals surface area contributed by atoms with Crippen molar-refractivity contribution < 1.29 is 22.3 Å². The summed E-state index contributed by atoms with van der Waals surface area (Å²) in [6.07, 6.45) is -0.269. The second kappa shape index (κ2) is 9.68. The van der Waals surface area contributed by atoms with Gasteiger partial charge in [-0.05, 0) is 62.4 Å². The number of hydrogen-bond acceptors (Lipinski definition) is 6. The number of benzene rings is 2. The topological polar surface area (TPSA) is 88.6 Å². The number of nitrogens with zero attached hydrogens (tertiary/aromatic N) is 2. The van der Waals surface area contributed by atoms with Crippen LogP contribution in [0.4, 0.5) is 10.1 Å². The van der Waals surface area contributed by atoms with Gasteiger partial charge in [-0.1, -0.05) is 0 Å². The number of halogens is 1. The largest absolute Gasteiger partial charge is 0.373 e. The summed E-state index contributed by atoms with van der Waals surface area (Å²) >= 11 is 1.38. The van der Waals surface area contributed by atoms with Crippen LogP contribution in [0.2, 0.25) is 0 Å². The molecule has 1 aromatic heterocycles. The normalized spacial score (nSPS) is 19.4. The number of sulfonamides is 1. The first-order valence-corrected chi connectivity index (χ1v) is 12.8. The fraction of sp³-hybridized carbons (Fsp3) is 0.304. The lowest BCUT2D eigenvalue weighted by Crippen LogP contribution is -2.48. The molecule has 10 heteroatoms. The molecule has 33 heavy (non-hydrogen) atoms. The van der Waals surface area contributed by atoms with E-state index >= 15 is 0 Å². The molecule has 2 atom stereocenters. The molecule has 0 saturated carbocycles. The molecule has 174 valence electrons. The van der Waals surface area contributed by atoms with E-state index in [4.69, 9.17) is 4.74 Å². The van der Waals surface area contributed by atoms with Gasteiger partial charge in [-0.15, -0.1) is 11.3 Å². The molecule has 0 aliphatic carbocycles. The fourth-order valence-electron chi connectivity index (χ4n) is 3.67. The molecule has 1 saturated heterocycles. The maximum atomic E-state index is 13.1. The quantitative estimate of drug-likeness (QED) is 0.567. The van der Waals surface area contributed by atoms with Gasteiger partial charge in [0.05, 0.1) is 29.2 Å². The number of amides is 1. The van der Waals surface area contributed by atoms with Gasteiger partial charge in [-0.25, -0.2) is 17.8 Å². The van der Waals surface area contributed by atoms with E-state index in [9.17, 15) is 17.6 Å². The molecule has 0 unspecified atom stereocenters. The lowest BCUT2D eigenvalue weighted by atomic mass is 10.2. The van der Waals surface area contributed by atoms with Crippen molar-refractivity contribution in [3.05, 3.63) is 65.4 Å². The van der Waals surface area contributed by atoms with Gasteiger partial charge >= 0.3 is 0 Å². The number of anilines is 1. The fourth-order valence-corrected chi connectivity index (χ4v) is 6.09. The molecule has 1 aliphatic rings. The molecule has 1 amide bonds. The van der Waals surface area contributed by atoms with E-state index in [1.807, 2.05) is 13.8 Å². The summed E-state index contributed by atoms with van der Waals surface area (Å²) in [5, 5.41) is 5.26. The highest BCUT2D eigenvalue weighted by Crippen LogP contribution is 2.25. The Morgan fingerprint density at radius 1 is 1.12 bits per heavy atom. The second-order valence-corrected chi connectivity index (χ2v) is 10.8. The van der Waals surface area contributed by atoms with Crippen LogP contribution < -0.4 is 5.32 Å². The Morgan fingerprint density at radius 3 is 2.39 bits per heavy atom. The van der Waals surface area contributed by atoms with E-state index in [2.05, 4.69) is 10.3 Å². The van der Waals surface area contributed by atoms with Gasteiger partial charge in [0.2, 0.25) is 15.9 Å². The predicted octanol–water partition coefficient (Wildman–Crippen LogP) is 3.93. The minimum absolute atomic E-state index is 0.0707. The van der Waals surface area contributed by atoms with Crippen LogP contribution in [-0.2, 0) is 26.0 Å². The first-order chi connectivity index (χ1) is 15.7. The van der Waals surface area contributed by atoms with Gasteiger partial charge in [-0.2, -0.15) is 4.31 Å². The number of nitrogens with one attached hydrogen (secondary N) is 1. The van der Waals surface area contributed by atoms with Crippen molar-refractivity contribution in [2.75, 3.05) is 18.4 Å². The highest BCUT2D eigenvalue weighted by molar-refractivity contribution is 7.89. The molecule has 7 nitrogen and oxygen atoms in total. The second-order valence-electron chi connectivity index (χ2n) is 7.98. The molecule has 1 aliphatic heterocycles. The summed E-state index contributed by atoms with van der Waals surface area (Å²) in [5.41, 5.74) is 1.89. The van der Waals surface area contributed by atoms with Crippen LogP contribution in [0.1, 0.15) is 19.5 Å². The maximum absolute atomic E-state index is 13.1. The highest BCUT2D eigenvalue weighted by Gasteiger charge is 2.32. The molecule has 0 radical (unpaired) electrons. The van der Waals surface area contributed by atoms with Crippen molar-refractivity contribution in [1.82, 2.24) is 9.29 Å². The van der Waals surface area contributed by atoms with Crippen LogP contribution >= 0.6 is 11.3 Å². The number of carbonyl (C=O) groups excluding carboxylic acids is 1. The van der Waals surface area contributed by atoms with Gasteiger partial charge in [0, 0.05) is 29.7 Å². The average molecular weight is 490 g/mol. The summed E-state index contributed by atoms with van der Waals surface area (Å²) < 4.78 is 46.0. The van der Waals surface area contributed by atoms with Crippen LogP contribution in [0.15, 0.2) is 58.8 Å². The van der Waals surface area contributed by atoms with E-state index in [-0.39, 0.29) is 35.2 Å². The first kappa shape index (κ1) is 23.5. The van der Waals surface area contributed by atoms with Gasteiger partial charge in [-0.3, -0.25) is 4.79 Å². The van der Waals surface area contributed by atoms with Crippen molar-refractivity contribution in [2.45, 2.75) is 37.4 Å². The Bertz CT molecular complexity index is 1220. The Hall–Kier alpha value is -2.66. The zero-order valence-corrected chi connectivity index (χ0v) is 19.8. The average Bonchev–Trinajstić information content (AvgIpc) is 3.22. The molecular weight excluding hydrogens is 465 g/mol. The van der Waals surface area contributed by atoms with Crippen LogP contribution in [0.5, 0.6) is 0 Å². The predicted molar refractivity (Wildman–Crippen MR) is 125 cm³/mol. The number of hydrogen-bond donors (Lipinski definition) is 1. The van der Waals surface area contributed by atoms with Crippen molar-refractivity contribution in [3.63, 3.8) is 0 Å². The number of thiazole rings is 1. The summed E-state index contributed by atoms with van der Waals surface area (Å²) in [7, 11) is -3.64. The first-order valence-electron chi connectivity index (χ1n) is 10.5. The minimum Gasteiger partial charge on any atom is -0.373 e. The standard InChI is InChI=1S/C23H24FN3O4S2/c1-15-12-27(13-16(2)31-15)33(29,30)21-9-7-19(8-10-21)25-22(28)11-20-14-32-23(26-20)17-3-5-18(24)6-4-17/h3-10,14-16H,11-13H2,1-2H3,(H,25,28)/t15-,16-/m0/s1. The molecule has 0 spiro atoms. The van der Waals surface area contributed by atoms with Crippen LogP contribution in [-0.4, -0.2) is 48.9 Å². The monoisotopic (exact) mass is 489 g/mol. The summed E-state index contributed by atoms with van der Waals surface area (Å²) in [5.74, 6) is -0.583. The Balaban J connectivity index is 1.38. The Labute approximate surface area is 196 Å².